The SMILES string of the molecule is Cc1cc(F)cc2c1[nH]c(=O)c(=N)n2C(=N)C1(C)CC1. The van der Waals surface area contributed by atoms with E-state index in [1.807, 2.05) is 6.92 Å². The van der Waals surface area contributed by atoms with Gasteiger partial charge < -0.3 is 4.98 Å². The molecule has 1 heterocycles. The Bertz CT molecular complexity index is 858. The largest absolute Gasteiger partial charge is 0.317 e. The fraction of sp³-hybridized carbons (Fsp3) is 0.357. The van der Waals surface area contributed by atoms with Crippen LogP contribution in [0.4, 0.5) is 4.39 Å². The standard InChI is InChI=1S/C14H15FN4O/c1-7-5-8(15)6-9-10(7)18-12(20)11(16)19(9)13(17)14(2)3-4-14/h5-6,16-17H,3-4H2,1-2H3,(H,18,20). The number of aryl methyl sites for hydroxylation is 1. The van der Waals surface area contributed by atoms with E-state index in [1.165, 1.54) is 16.7 Å². The molecule has 1 aromatic heterocycles. The third kappa shape index (κ3) is 1.71. The third-order valence-electron chi connectivity index (χ3n) is 3.99. The van der Waals surface area contributed by atoms with E-state index < -0.39 is 11.4 Å². The Kier molecular flexibility index (Phi) is 2.48. The Hall–Kier alpha value is -2.24. The molecule has 2 aromatic rings. The van der Waals surface area contributed by atoms with Gasteiger partial charge in [-0.15, -0.1) is 0 Å². The van der Waals surface area contributed by atoms with Gasteiger partial charge in [-0.1, -0.05) is 6.92 Å². The molecule has 1 aliphatic carbocycles. The molecule has 1 aliphatic rings. The summed E-state index contributed by atoms with van der Waals surface area (Å²) >= 11 is 0. The van der Waals surface area contributed by atoms with Crippen LogP contribution in [0.3, 0.4) is 0 Å². The summed E-state index contributed by atoms with van der Waals surface area (Å²) in [6, 6.07) is 2.59. The lowest BCUT2D eigenvalue weighted by atomic mass is 10.1. The van der Waals surface area contributed by atoms with Gasteiger partial charge in [-0.2, -0.15) is 0 Å². The molecule has 0 unspecified atom stereocenters. The van der Waals surface area contributed by atoms with E-state index in [-0.39, 0.29) is 16.7 Å². The molecule has 0 aliphatic heterocycles. The summed E-state index contributed by atoms with van der Waals surface area (Å²) in [5.74, 6) is -0.257. The van der Waals surface area contributed by atoms with Crippen molar-refractivity contribution in [2.75, 3.05) is 0 Å². The van der Waals surface area contributed by atoms with Gasteiger partial charge in [0.2, 0.25) is 0 Å². The van der Waals surface area contributed by atoms with Crippen LogP contribution in [-0.2, 0) is 0 Å². The molecule has 0 atom stereocenters. The fourth-order valence-corrected chi connectivity index (χ4v) is 2.39. The highest BCUT2D eigenvalue weighted by molar-refractivity contribution is 5.96. The van der Waals surface area contributed by atoms with Crippen LogP contribution >= 0.6 is 0 Å². The smallest absolute Gasteiger partial charge is 0.291 e. The minimum absolute atomic E-state index is 0.184. The van der Waals surface area contributed by atoms with Gasteiger partial charge in [0.1, 0.15) is 11.7 Å². The first-order valence-corrected chi connectivity index (χ1v) is 6.43. The highest BCUT2D eigenvalue weighted by Gasteiger charge is 2.43. The topological polar surface area (TPSA) is 85.5 Å². The zero-order valence-corrected chi connectivity index (χ0v) is 11.3. The molecule has 0 saturated heterocycles. The van der Waals surface area contributed by atoms with Crippen molar-refractivity contribution in [2.24, 2.45) is 5.41 Å². The lowest BCUT2D eigenvalue weighted by molar-refractivity contribution is 0.627. The van der Waals surface area contributed by atoms with Crippen molar-refractivity contribution in [1.82, 2.24) is 9.55 Å². The maximum atomic E-state index is 13.6. The Balaban J connectivity index is 2.46. The van der Waals surface area contributed by atoms with Gasteiger partial charge in [-0.25, -0.2) is 4.39 Å². The molecule has 1 saturated carbocycles. The minimum Gasteiger partial charge on any atom is -0.317 e. The average Bonchev–Trinajstić information content (AvgIpc) is 3.11. The molecule has 0 spiro atoms. The maximum Gasteiger partial charge on any atom is 0.291 e. The number of nitrogens with one attached hydrogen (secondary N) is 3. The number of halogens is 1. The zero-order chi connectivity index (χ0) is 14.7. The van der Waals surface area contributed by atoms with Crippen LogP contribution in [0.1, 0.15) is 25.3 Å². The molecule has 20 heavy (non-hydrogen) atoms. The first-order chi connectivity index (χ1) is 9.33. The maximum absolute atomic E-state index is 13.6. The number of aromatic amines is 1. The summed E-state index contributed by atoms with van der Waals surface area (Å²) < 4.78 is 14.9. The monoisotopic (exact) mass is 274 g/mol. The molecule has 1 fully saturated rings. The Labute approximate surface area is 114 Å². The van der Waals surface area contributed by atoms with Gasteiger partial charge in [0.15, 0.2) is 5.49 Å². The number of hydrogen-bond acceptors (Lipinski definition) is 3. The predicted octanol–water partition coefficient (Wildman–Crippen LogP) is 1.88. The van der Waals surface area contributed by atoms with Crippen molar-refractivity contribution in [1.29, 1.82) is 10.8 Å². The lowest BCUT2D eigenvalue weighted by Crippen LogP contribution is -2.42. The van der Waals surface area contributed by atoms with Crippen molar-refractivity contribution in [2.45, 2.75) is 26.7 Å². The number of benzene rings is 1. The fourth-order valence-electron chi connectivity index (χ4n) is 2.39. The number of hydrogen-bond donors (Lipinski definition) is 3. The highest BCUT2D eigenvalue weighted by Crippen LogP contribution is 2.46. The number of aromatic nitrogens is 2. The summed E-state index contributed by atoms with van der Waals surface area (Å²) in [4.78, 5) is 14.5. The van der Waals surface area contributed by atoms with Crippen molar-refractivity contribution < 1.29 is 4.39 Å². The molecule has 5 nitrogen and oxygen atoms in total. The molecule has 0 bridgehead atoms. The van der Waals surface area contributed by atoms with E-state index in [2.05, 4.69) is 4.98 Å². The number of rotatable bonds is 1. The van der Waals surface area contributed by atoms with Crippen LogP contribution in [0.25, 0.3) is 11.0 Å². The second-order valence-electron chi connectivity index (χ2n) is 5.66. The molecule has 3 rings (SSSR count). The third-order valence-corrected chi connectivity index (χ3v) is 3.99. The first-order valence-electron chi connectivity index (χ1n) is 6.43. The van der Waals surface area contributed by atoms with Gasteiger partial charge in [0, 0.05) is 11.5 Å². The van der Waals surface area contributed by atoms with Gasteiger partial charge in [-0.3, -0.25) is 20.2 Å². The number of fused-ring (bicyclic) bond motifs is 1. The Morgan fingerprint density at radius 3 is 2.70 bits per heavy atom. The van der Waals surface area contributed by atoms with E-state index in [0.29, 0.717) is 16.6 Å². The zero-order valence-electron chi connectivity index (χ0n) is 11.3. The van der Waals surface area contributed by atoms with Gasteiger partial charge in [0.05, 0.1) is 11.0 Å². The predicted molar refractivity (Wildman–Crippen MR) is 73.6 cm³/mol. The first kappa shape index (κ1) is 12.8. The summed E-state index contributed by atoms with van der Waals surface area (Å²) in [5, 5.41) is 16.2. The normalized spacial score (nSPS) is 16.4. The van der Waals surface area contributed by atoms with Gasteiger partial charge in [-0.05, 0) is 31.4 Å². The Morgan fingerprint density at radius 1 is 1.45 bits per heavy atom. The van der Waals surface area contributed by atoms with Crippen LogP contribution < -0.4 is 11.0 Å². The van der Waals surface area contributed by atoms with E-state index in [1.54, 1.807) is 6.92 Å². The molecular weight excluding hydrogens is 259 g/mol. The average molecular weight is 274 g/mol. The van der Waals surface area contributed by atoms with Crippen molar-refractivity contribution >= 4 is 16.9 Å². The molecular formula is C14H15FN4O. The van der Waals surface area contributed by atoms with E-state index >= 15 is 0 Å². The number of H-pyrrole nitrogens is 1. The quantitative estimate of drug-likeness (QED) is 0.538. The van der Waals surface area contributed by atoms with E-state index in [0.717, 1.165) is 12.8 Å². The highest BCUT2D eigenvalue weighted by atomic mass is 19.1. The minimum atomic E-state index is -0.568. The van der Waals surface area contributed by atoms with Crippen molar-refractivity contribution in [3.63, 3.8) is 0 Å². The van der Waals surface area contributed by atoms with E-state index in [4.69, 9.17) is 10.8 Å². The molecule has 1 aromatic carbocycles. The second kappa shape index (κ2) is 3.88. The van der Waals surface area contributed by atoms with Crippen LogP contribution in [0.15, 0.2) is 16.9 Å². The van der Waals surface area contributed by atoms with Crippen LogP contribution in [0.2, 0.25) is 0 Å². The lowest BCUT2D eigenvalue weighted by Gasteiger charge is -2.17. The van der Waals surface area contributed by atoms with Crippen LogP contribution in [-0.4, -0.2) is 15.4 Å². The van der Waals surface area contributed by atoms with Crippen molar-refractivity contribution in [3.8, 4) is 0 Å². The number of nitrogens with zero attached hydrogens (tertiary/aromatic N) is 1. The van der Waals surface area contributed by atoms with Crippen LogP contribution in [0.5, 0.6) is 0 Å². The van der Waals surface area contributed by atoms with Crippen LogP contribution in [0, 0.1) is 29.0 Å². The van der Waals surface area contributed by atoms with Gasteiger partial charge in [0.25, 0.3) is 5.56 Å². The summed E-state index contributed by atoms with van der Waals surface area (Å²) in [6.07, 6.45) is 1.70. The summed E-state index contributed by atoms with van der Waals surface area (Å²) in [6.45, 7) is 3.61. The second-order valence-corrected chi connectivity index (χ2v) is 5.66. The molecule has 0 amide bonds. The molecule has 104 valence electrons. The molecule has 0 radical (unpaired) electrons. The Morgan fingerprint density at radius 2 is 2.10 bits per heavy atom. The van der Waals surface area contributed by atoms with Gasteiger partial charge >= 0.3 is 0 Å². The van der Waals surface area contributed by atoms with Crippen molar-refractivity contribution in [3.05, 3.63) is 39.4 Å². The summed E-state index contributed by atoms with van der Waals surface area (Å²) in [5.41, 5.74) is 0.203. The summed E-state index contributed by atoms with van der Waals surface area (Å²) in [7, 11) is 0. The molecule has 6 heteroatoms. The molecule has 3 N–H and O–H groups in total. The van der Waals surface area contributed by atoms with E-state index in [9.17, 15) is 9.18 Å².